The molecule has 0 aliphatic rings. The van der Waals surface area contributed by atoms with E-state index < -0.39 is 0 Å². The Labute approximate surface area is 249 Å². The summed E-state index contributed by atoms with van der Waals surface area (Å²) in [5, 5.41) is 11.3. The summed E-state index contributed by atoms with van der Waals surface area (Å²) in [5.74, 6) is 0.879. The first-order chi connectivity index (χ1) is 20.2. The molecule has 8 heteroatoms. The largest absolute Gasteiger partial charge is 0.496 e. The molecule has 3 N–H and O–H groups in total. The van der Waals surface area contributed by atoms with Gasteiger partial charge < -0.3 is 20.7 Å². The molecule has 0 unspecified atom stereocenters. The molecule has 0 saturated carbocycles. The van der Waals surface area contributed by atoms with E-state index in [0.717, 1.165) is 93.0 Å². The van der Waals surface area contributed by atoms with Crippen LogP contribution in [0.15, 0.2) is 91.3 Å². The maximum atomic E-state index is 6.16. The molecule has 0 aliphatic carbocycles. The Morgan fingerprint density at radius 1 is 0.707 bits per heavy atom. The van der Waals surface area contributed by atoms with Crippen molar-refractivity contribution in [3.63, 3.8) is 0 Å². The summed E-state index contributed by atoms with van der Waals surface area (Å²) in [5.41, 5.74) is 5.82. The first kappa shape index (κ1) is 30.6. The Balaban J connectivity index is 1.23. The third-order valence-electron chi connectivity index (χ3n) is 6.85. The topological polar surface area (TPSA) is 74.3 Å². The van der Waals surface area contributed by atoms with Crippen LogP contribution in [-0.2, 0) is 32.6 Å². The molecule has 216 valence electrons. The number of aromatic nitrogens is 2. The number of nitrogens with zero attached hydrogens (tertiary/aromatic N) is 3. The molecule has 0 atom stereocenters. The van der Waals surface area contributed by atoms with E-state index in [4.69, 9.17) is 16.3 Å². The van der Waals surface area contributed by atoms with Gasteiger partial charge in [0.1, 0.15) is 5.75 Å². The van der Waals surface area contributed by atoms with Crippen LogP contribution in [-0.4, -0.2) is 54.7 Å². The van der Waals surface area contributed by atoms with Gasteiger partial charge >= 0.3 is 0 Å². The number of hydrogen-bond donors (Lipinski definition) is 3. The highest BCUT2D eigenvalue weighted by Crippen LogP contribution is 2.22. The van der Waals surface area contributed by atoms with Gasteiger partial charge in [-0.3, -0.25) is 14.9 Å². The van der Waals surface area contributed by atoms with Crippen LogP contribution in [0.25, 0.3) is 0 Å². The summed E-state index contributed by atoms with van der Waals surface area (Å²) < 4.78 is 5.46. The Morgan fingerprint density at radius 3 is 1.90 bits per heavy atom. The Hall–Kier alpha value is -3.33. The van der Waals surface area contributed by atoms with Crippen LogP contribution in [0.5, 0.6) is 5.75 Å². The lowest BCUT2D eigenvalue weighted by Gasteiger charge is -2.23. The van der Waals surface area contributed by atoms with Gasteiger partial charge in [0.25, 0.3) is 0 Å². The lowest BCUT2D eigenvalue weighted by Crippen LogP contribution is -2.36. The summed E-state index contributed by atoms with van der Waals surface area (Å²) in [6.45, 7) is 7.83. The normalized spacial score (nSPS) is 11.2. The zero-order chi connectivity index (χ0) is 28.5. The van der Waals surface area contributed by atoms with Crippen molar-refractivity contribution < 1.29 is 4.74 Å². The van der Waals surface area contributed by atoms with Crippen molar-refractivity contribution in [3.05, 3.63) is 124 Å². The summed E-state index contributed by atoms with van der Waals surface area (Å²) >= 11 is 6.16. The first-order valence-electron chi connectivity index (χ1n) is 14.2. The van der Waals surface area contributed by atoms with Crippen molar-refractivity contribution in [2.45, 2.75) is 32.6 Å². The quantitative estimate of drug-likeness (QED) is 0.147. The first-order valence-corrected chi connectivity index (χ1v) is 14.6. The number of nitrogens with one attached hydrogen (secondary N) is 3. The number of rotatable bonds is 18. The number of methoxy groups -OCH3 is 1. The fraction of sp³-hybridized carbons (Fsp3) is 0.333. The van der Waals surface area contributed by atoms with Gasteiger partial charge in [-0.1, -0.05) is 48.0 Å². The fourth-order valence-corrected chi connectivity index (χ4v) is 4.80. The van der Waals surface area contributed by atoms with Crippen molar-refractivity contribution in [2.75, 3.05) is 39.8 Å². The number of ether oxygens (including phenoxy) is 1. The predicted molar refractivity (Wildman–Crippen MR) is 167 cm³/mol. The summed E-state index contributed by atoms with van der Waals surface area (Å²) in [7, 11) is 1.69. The summed E-state index contributed by atoms with van der Waals surface area (Å²) in [4.78, 5) is 11.3. The Kier molecular flexibility index (Phi) is 13.1. The fourth-order valence-electron chi connectivity index (χ4n) is 4.60. The van der Waals surface area contributed by atoms with E-state index in [1.54, 1.807) is 7.11 Å². The standard InChI is InChI=1S/C33H41ClN6O/c1-41-33-13-12-30(34)22-29(33)14-17-35-23-27-8-10-28(11-9-27)26-40(20-18-36-24-31-6-2-4-15-38-31)21-19-37-25-32-7-3-5-16-39-32/h2-13,15-16,22,35-37H,14,17-21,23-26H2,1H3. The molecule has 0 fully saturated rings. The van der Waals surface area contributed by atoms with E-state index in [1.807, 2.05) is 54.9 Å². The van der Waals surface area contributed by atoms with E-state index in [9.17, 15) is 0 Å². The number of halogens is 1. The van der Waals surface area contributed by atoms with Crippen molar-refractivity contribution in [1.29, 1.82) is 0 Å². The molecule has 2 aromatic heterocycles. The second kappa shape index (κ2) is 17.5. The van der Waals surface area contributed by atoms with Crippen molar-refractivity contribution in [3.8, 4) is 5.75 Å². The zero-order valence-corrected chi connectivity index (χ0v) is 24.6. The SMILES string of the molecule is COc1ccc(Cl)cc1CCNCc1ccc(CN(CCNCc2ccccn2)CCNCc2ccccn2)cc1. The summed E-state index contributed by atoms with van der Waals surface area (Å²) in [6.07, 6.45) is 4.54. The maximum absolute atomic E-state index is 6.16. The van der Waals surface area contributed by atoms with Gasteiger partial charge in [0.2, 0.25) is 0 Å². The van der Waals surface area contributed by atoms with Crippen LogP contribution in [0.4, 0.5) is 0 Å². The number of benzene rings is 2. The molecule has 0 saturated heterocycles. The van der Waals surface area contributed by atoms with E-state index in [1.165, 1.54) is 11.1 Å². The van der Waals surface area contributed by atoms with Crippen LogP contribution < -0.4 is 20.7 Å². The van der Waals surface area contributed by atoms with Gasteiger partial charge in [0, 0.05) is 69.8 Å². The van der Waals surface area contributed by atoms with E-state index in [0.29, 0.717) is 0 Å². The summed E-state index contributed by atoms with van der Waals surface area (Å²) in [6, 6.07) is 26.7. The molecule has 0 spiro atoms. The van der Waals surface area contributed by atoms with Crippen molar-refractivity contribution in [1.82, 2.24) is 30.8 Å². The van der Waals surface area contributed by atoms with Crippen LogP contribution in [0, 0.1) is 0 Å². The van der Waals surface area contributed by atoms with Gasteiger partial charge in [-0.25, -0.2) is 0 Å². The van der Waals surface area contributed by atoms with Crippen molar-refractivity contribution in [2.24, 2.45) is 0 Å². The molecule has 0 bridgehead atoms. The molecule has 0 radical (unpaired) electrons. The third kappa shape index (κ3) is 11.2. The molecule has 4 rings (SSSR count). The van der Waals surface area contributed by atoms with E-state index in [-0.39, 0.29) is 0 Å². The average Bonchev–Trinajstić information content (AvgIpc) is 3.01. The highest BCUT2D eigenvalue weighted by Gasteiger charge is 2.08. The van der Waals surface area contributed by atoms with Crippen LogP contribution in [0.2, 0.25) is 5.02 Å². The van der Waals surface area contributed by atoms with Gasteiger partial charge in [-0.15, -0.1) is 0 Å². The molecule has 2 aromatic carbocycles. The molecule has 41 heavy (non-hydrogen) atoms. The van der Waals surface area contributed by atoms with Gasteiger partial charge in [-0.2, -0.15) is 0 Å². The molecule has 7 nitrogen and oxygen atoms in total. The third-order valence-corrected chi connectivity index (χ3v) is 7.08. The average molecular weight is 573 g/mol. The Bertz CT molecular complexity index is 1230. The molecule has 0 amide bonds. The monoisotopic (exact) mass is 572 g/mol. The lowest BCUT2D eigenvalue weighted by molar-refractivity contribution is 0.263. The van der Waals surface area contributed by atoms with Gasteiger partial charge in [0.15, 0.2) is 0 Å². The van der Waals surface area contributed by atoms with Crippen molar-refractivity contribution >= 4 is 11.6 Å². The van der Waals surface area contributed by atoms with Gasteiger partial charge in [-0.05, 0) is 72.1 Å². The van der Waals surface area contributed by atoms with Gasteiger partial charge in [0.05, 0.1) is 18.5 Å². The lowest BCUT2D eigenvalue weighted by atomic mass is 10.1. The second-order valence-corrected chi connectivity index (χ2v) is 10.4. The minimum Gasteiger partial charge on any atom is -0.496 e. The number of hydrogen-bond acceptors (Lipinski definition) is 7. The van der Waals surface area contributed by atoms with Crippen LogP contribution in [0.1, 0.15) is 28.1 Å². The molecule has 4 aromatic rings. The van der Waals surface area contributed by atoms with E-state index in [2.05, 4.69) is 67.2 Å². The molecular formula is C33H41ClN6O. The predicted octanol–water partition coefficient (Wildman–Crippen LogP) is 4.85. The molecule has 0 aliphatic heterocycles. The maximum Gasteiger partial charge on any atom is 0.122 e. The second-order valence-electron chi connectivity index (χ2n) is 9.97. The molecule has 2 heterocycles. The van der Waals surface area contributed by atoms with Crippen LogP contribution >= 0.6 is 11.6 Å². The highest BCUT2D eigenvalue weighted by molar-refractivity contribution is 6.30. The van der Waals surface area contributed by atoms with Crippen LogP contribution in [0.3, 0.4) is 0 Å². The Morgan fingerprint density at radius 2 is 1.32 bits per heavy atom. The number of pyridine rings is 2. The highest BCUT2D eigenvalue weighted by atomic mass is 35.5. The zero-order valence-electron chi connectivity index (χ0n) is 23.9. The molecular weight excluding hydrogens is 532 g/mol. The van der Waals surface area contributed by atoms with E-state index >= 15 is 0 Å². The minimum atomic E-state index is 0.735. The smallest absolute Gasteiger partial charge is 0.122 e. The minimum absolute atomic E-state index is 0.735.